The van der Waals surface area contributed by atoms with Crippen molar-refractivity contribution in [3.05, 3.63) is 87.9 Å². The third-order valence-corrected chi connectivity index (χ3v) is 5.38. The number of fused-ring (bicyclic) bond motifs is 1. The van der Waals surface area contributed by atoms with Gasteiger partial charge in [0.15, 0.2) is 11.5 Å². The maximum Gasteiger partial charge on any atom is 0.264 e. The van der Waals surface area contributed by atoms with Crippen molar-refractivity contribution >= 4 is 53.2 Å². The van der Waals surface area contributed by atoms with Gasteiger partial charge >= 0.3 is 0 Å². The lowest BCUT2D eigenvalue weighted by Crippen LogP contribution is -2.46. The zero-order valence-corrected chi connectivity index (χ0v) is 19.6. The fraction of sp³-hybridized carbons (Fsp3) is 0.130. The van der Waals surface area contributed by atoms with Gasteiger partial charge in [0.2, 0.25) is 0 Å². The first-order valence-electron chi connectivity index (χ1n) is 9.42. The maximum absolute atomic E-state index is 13.7. The second-order valence-electron chi connectivity index (χ2n) is 6.69. The lowest BCUT2D eigenvalue weighted by molar-refractivity contribution is 0.0997. The summed E-state index contributed by atoms with van der Waals surface area (Å²) >= 11 is 12.6. The largest absolute Gasteiger partial charge is 0.493 e. The van der Waals surface area contributed by atoms with E-state index in [1.54, 1.807) is 55.5 Å². The zero-order chi connectivity index (χ0) is 22.0. The molecule has 1 heterocycles. The molecule has 0 unspecified atom stereocenters. The Morgan fingerprint density at radius 2 is 1.62 bits per heavy atom. The average Bonchev–Trinajstić information content (AvgIpc) is 2.80. The van der Waals surface area contributed by atoms with Crippen LogP contribution in [0.4, 0.5) is 5.69 Å². The third-order valence-electron chi connectivity index (χ3n) is 4.86. The van der Waals surface area contributed by atoms with Crippen LogP contribution in [0.1, 0.15) is 10.4 Å². The monoisotopic (exact) mass is 491 g/mol. The van der Waals surface area contributed by atoms with E-state index in [9.17, 15) is 4.79 Å². The Morgan fingerprint density at radius 3 is 2.25 bits per heavy atom. The van der Waals surface area contributed by atoms with Gasteiger partial charge in [-0.05, 0) is 42.5 Å². The van der Waals surface area contributed by atoms with Gasteiger partial charge in [-0.3, -0.25) is 14.7 Å². The lowest BCUT2D eigenvalue weighted by atomic mass is 10.1. The number of hydrogen-bond acceptors (Lipinski definition) is 5. The number of amides is 1. The van der Waals surface area contributed by atoms with E-state index in [0.717, 1.165) is 0 Å². The molecule has 1 aliphatic heterocycles. The second kappa shape index (κ2) is 10.1. The number of benzene rings is 3. The number of ether oxygens (including phenoxy) is 2. The number of carbonyl (C=O) groups is 1. The molecule has 0 saturated carbocycles. The minimum absolute atomic E-state index is 0. The van der Waals surface area contributed by atoms with Crippen LogP contribution in [0, 0.1) is 0 Å². The molecule has 0 atom stereocenters. The van der Waals surface area contributed by atoms with Crippen molar-refractivity contribution in [3.63, 3.8) is 0 Å². The number of halogens is 3. The first-order chi connectivity index (χ1) is 15.0. The number of hydrogen-bond donors (Lipinski definition) is 0. The van der Waals surface area contributed by atoms with Gasteiger partial charge < -0.3 is 9.47 Å². The van der Waals surface area contributed by atoms with E-state index >= 15 is 0 Å². The Morgan fingerprint density at radius 1 is 1.00 bits per heavy atom. The van der Waals surface area contributed by atoms with E-state index in [4.69, 9.17) is 32.9 Å². The summed E-state index contributed by atoms with van der Waals surface area (Å²) in [5.74, 6) is 1.26. The number of carbonyl (C=O) groups excluding carboxylic acids is 1. The molecule has 0 bridgehead atoms. The van der Waals surface area contributed by atoms with Gasteiger partial charge in [0.05, 0.1) is 25.3 Å². The quantitative estimate of drug-likeness (QED) is 0.500. The molecule has 0 aliphatic carbocycles. The molecule has 0 aromatic heterocycles. The maximum atomic E-state index is 13.7. The van der Waals surface area contributed by atoms with Gasteiger partial charge in [-0.15, -0.1) is 12.4 Å². The normalized spacial score (nSPS) is 12.2. The summed E-state index contributed by atoms with van der Waals surface area (Å²) < 4.78 is 12.3. The predicted molar refractivity (Wildman–Crippen MR) is 128 cm³/mol. The standard InChI is InChI=1S/C23H19Cl2N3O3.ClH/c1-30-20-12-18-19(13-21(20)31-2)26-14-27(25)22(18)28(17-6-4-3-5-7-17)23(29)15-8-10-16(24)11-9-15;/h3-13H,14H2,1-2H3;1H. The van der Waals surface area contributed by atoms with Crippen LogP contribution in [-0.2, 0) is 0 Å². The molecule has 0 radical (unpaired) electrons. The highest BCUT2D eigenvalue weighted by Gasteiger charge is 2.28. The van der Waals surface area contributed by atoms with E-state index in [1.165, 1.54) is 4.42 Å². The molecule has 6 nitrogen and oxygen atoms in total. The molecular formula is C23H20Cl3N3O3. The molecule has 32 heavy (non-hydrogen) atoms. The van der Waals surface area contributed by atoms with Crippen LogP contribution in [0.2, 0.25) is 5.02 Å². The molecule has 9 heteroatoms. The van der Waals surface area contributed by atoms with Crippen LogP contribution in [0.5, 0.6) is 11.5 Å². The summed E-state index contributed by atoms with van der Waals surface area (Å²) in [7, 11) is 3.11. The molecule has 1 amide bonds. The fourth-order valence-electron chi connectivity index (χ4n) is 3.38. The summed E-state index contributed by atoms with van der Waals surface area (Å²) in [4.78, 5) is 19.8. The minimum atomic E-state index is -0.258. The van der Waals surface area contributed by atoms with Crippen molar-refractivity contribution in [2.75, 3.05) is 25.8 Å². The number of methoxy groups -OCH3 is 2. The highest BCUT2D eigenvalue weighted by molar-refractivity contribution is 6.30. The first kappa shape index (κ1) is 23.7. The van der Waals surface area contributed by atoms with Crippen molar-refractivity contribution in [2.24, 2.45) is 4.99 Å². The van der Waals surface area contributed by atoms with Crippen molar-refractivity contribution in [1.29, 1.82) is 0 Å². The van der Waals surface area contributed by atoms with Crippen molar-refractivity contribution < 1.29 is 14.3 Å². The molecule has 3 aromatic rings. The molecule has 1 aliphatic rings. The first-order valence-corrected chi connectivity index (χ1v) is 10.1. The summed E-state index contributed by atoms with van der Waals surface area (Å²) in [6, 6.07) is 19.6. The average molecular weight is 493 g/mol. The molecule has 166 valence electrons. The molecular weight excluding hydrogens is 473 g/mol. The molecule has 0 saturated heterocycles. The number of anilines is 1. The molecule has 3 aromatic carbocycles. The Labute approximate surface area is 201 Å². The SMILES string of the molecule is COc1cc2c(cc1OC)=C(N(C(=O)c1ccc(Cl)cc1)c1ccccc1)N(Cl)CN=2.Cl. The van der Waals surface area contributed by atoms with Gasteiger partial charge in [0.1, 0.15) is 12.5 Å². The van der Waals surface area contributed by atoms with Crippen LogP contribution < -0.4 is 24.9 Å². The fourth-order valence-corrected chi connectivity index (χ4v) is 3.72. The van der Waals surface area contributed by atoms with Crippen molar-refractivity contribution in [3.8, 4) is 11.5 Å². The molecule has 4 rings (SSSR count). The second-order valence-corrected chi connectivity index (χ2v) is 7.54. The number of rotatable bonds is 5. The van der Waals surface area contributed by atoms with Crippen LogP contribution in [0.15, 0.2) is 71.7 Å². The molecule has 0 N–H and O–H groups in total. The Balaban J connectivity index is 0.00000289. The van der Waals surface area contributed by atoms with Gasteiger partial charge in [-0.2, -0.15) is 0 Å². The third kappa shape index (κ3) is 4.48. The van der Waals surface area contributed by atoms with Gasteiger partial charge in [0, 0.05) is 33.6 Å². The van der Waals surface area contributed by atoms with Gasteiger partial charge in [0.25, 0.3) is 5.91 Å². The van der Waals surface area contributed by atoms with Gasteiger partial charge in [-0.25, -0.2) is 4.42 Å². The van der Waals surface area contributed by atoms with Crippen LogP contribution >= 0.6 is 35.8 Å². The van der Waals surface area contributed by atoms with Crippen LogP contribution in [0.25, 0.3) is 5.82 Å². The summed E-state index contributed by atoms with van der Waals surface area (Å²) in [5, 5.41) is 1.84. The lowest BCUT2D eigenvalue weighted by Gasteiger charge is -2.31. The molecule has 0 fully saturated rings. The van der Waals surface area contributed by atoms with E-state index < -0.39 is 0 Å². The van der Waals surface area contributed by atoms with Crippen molar-refractivity contribution in [2.45, 2.75) is 0 Å². The predicted octanol–water partition coefficient (Wildman–Crippen LogP) is 4.24. The van der Waals surface area contributed by atoms with E-state index in [1.807, 2.05) is 30.3 Å². The highest BCUT2D eigenvalue weighted by atomic mass is 35.5. The van der Waals surface area contributed by atoms with E-state index in [0.29, 0.717) is 44.2 Å². The number of para-hydroxylation sites is 1. The molecule has 0 spiro atoms. The Kier molecular flexibility index (Phi) is 7.51. The Bertz CT molecular complexity index is 1240. The highest BCUT2D eigenvalue weighted by Crippen LogP contribution is 2.28. The topological polar surface area (TPSA) is 54.4 Å². The van der Waals surface area contributed by atoms with Crippen LogP contribution in [-0.4, -0.2) is 31.2 Å². The minimum Gasteiger partial charge on any atom is -0.493 e. The van der Waals surface area contributed by atoms with E-state index in [2.05, 4.69) is 4.99 Å². The summed E-state index contributed by atoms with van der Waals surface area (Å²) in [5.41, 5.74) is 1.13. The summed E-state index contributed by atoms with van der Waals surface area (Å²) in [6.45, 7) is 0.163. The zero-order valence-electron chi connectivity index (χ0n) is 17.3. The van der Waals surface area contributed by atoms with E-state index in [-0.39, 0.29) is 25.0 Å². The smallest absolute Gasteiger partial charge is 0.264 e. The number of nitrogens with zero attached hydrogens (tertiary/aromatic N) is 3. The van der Waals surface area contributed by atoms with Gasteiger partial charge in [-0.1, -0.05) is 29.8 Å². The van der Waals surface area contributed by atoms with Crippen LogP contribution in [0.3, 0.4) is 0 Å². The van der Waals surface area contributed by atoms with Crippen molar-refractivity contribution in [1.82, 2.24) is 4.42 Å². The Hall–Kier alpha value is -2.93. The summed E-state index contributed by atoms with van der Waals surface area (Å²) in [6.07, 6.45) is 0.